The van der Waals surface area contributed by atoms with E-state index in [0.29, 0.717) is 13.2 Å². The smallest absolute Gasteiger partial charge is 0.250 e. The number of likely N-dealkylation sites (N-methyl/N-ethyl adjacent to an activating group) is 1. The SMILES string of the molecule is CNC(=O)C1CN(c2cnc3[nH]ccc3c2)CCO1. The molecule has 0 aliphatic carbocycles. The lowest BCUT2D eigenvalue weighted by Gasteiger charge is -2.33. The molecule has 1 aliphatic heterocycles. The number of carbonyl (C=O) groups excluding carboxylic acids is 1. The normalized spacial score (nSPS) is 19.6. The van der Waals surface area contributed by atoms with Gasteiger partial charge in [-0.1, -0.05) is 0 Å². The third kappa shape index (κ3) is 2.26. The maximum atomic E-state index is 11.6. The summed E-state index contributed by atoms with van der Waals surface area (Å²) in [6.07, 6.45) is 3.28. The number of morpholine rings is 1. The summed E-state index contributed by atoms with van der Waals surface area (Å²) >= 11 is 0. The highest BCUT2D eigenvalue weighted by atomic mass is 16.5. The maximum Gasteiger partial charge on any atom is 0.250 e. The molecule has 2 aromatic heterocycles. The van der Waals surface area contributed by atoms with Crippen molar-refractivity contribution in [1.82, 2.24) is 15.3 Å². The molecule has 0 spiro atoms. The van der Waals surface area contributed by atoms with E-state index in [9.17, 15) is 4.79 Å². The third-order valence-electron chi connectivity index (χ3n) is 3.36. The van der Waals surface area contributed by atoms with E-state index in [1.54, 1.807) is 7.05 Å². The number of rotatable bonds is 2. The zero-order valence-electron chi connectivity index (χ0n) is 10.7. The van der Waals surface area contributed by atoms with E-state index in [0.717, 1.165) is 23.3 Å². The molecule has 0 radical (unpaired) electrons. The average molecular weight is 260 g/mol. The minimum Gasteiger partial charge on any atom is -0.365 e. The number of nitrogens with zero attached hydrogens (tertiary/aromatic N) is 2. The van der Waals surface area contributed by atoms with Gasteiger partial charge in [0.2, 0.25) is 0 Å². The quantitative estimate of drug-likeness (QED) is 0.825. The van der Waals surface area contributed by atoms with E-state index in [4.69, 9.17) is 4.74 Å². The first-order valence-corrected chi connectivity index (χ1v) is 6.29. The van der Waals surface area contributed by atoms with Gasteiger partial charge in [-0.3, -0.25) is 4.79 Å². The summed E-state index contributed by atoms with van der Waals surface area (Å²) in [6, 6.07) is 4.06. The molecule has 100 valence electrons. The van der Waals surface area contributed by atoms with Crippen LogP contribution in [0.1, 0.15) is 0 Å². The van der Waals surface area contributed by atoms with Crippen molar-refractivity contribution in [3.8, 4) is 0 Å². The van der Waals surface area contributed by atoms with Crippen molar-refractivity contribution in [3.63, 3.8) is 0 Å². The molecule has 1 aliphatic rings. The number of pyridine rings is 1. The highest BCUT2D eigenvalue weighted by Gasteiger charge is 2.26. The fourth-order valence-electron chi connectivity index (χ4n) is 2.30. The molecule has 6 heteroatoms. The van der Waals surface area contributed by atoms with Crippen LogP contribution in [-0.4, -0.2) is 48.7 Å². The number of aromatic amines is 1. The van der Waals surface area contributed by atoms with Gasteiger partial charge in [-0.05, 0) is 12.1 Å². The lowest BCUT2D eigenvalue weighted by atomic mass is 10.2. The van der Waals surface area contributed by atoms with Crippen LogP contribution in [-0.2, 0) is 9.53 Å². The number of amides is 1. The molecule has 1 unspecified atom stereocenters. The van der Waals surface area contributed by atoms with Gasteiger partial charge in [0, 0.05) is 25.2 Å². The molecule has 1 amide bonds. The molecule has 0 saturated carbocycles. The van der Waals surface area contributed by atoms with Gasteiger partial charge in [0.05, 0.1) is 25.0 Å². The highest BCUT2D eigenvalue weighted by molar-refractivity contribution is 5.82. The van der Waals surface area contributed by atoms with E-state index in [1.165, 1.54) is 0 Å². The summed E-state index contributed by atoms with van der Waals surface area (Å²) in [6.45, 7) is 1.87. The maximum absolute atomic E-state index is 11.6. The summed E-state index contributed by atoms with van der Waals surface area (Å²) in [4.78, 5) is 21.2. The Labute approximate surface area is 110 Å². The first-order valence-electron chi connectivity index (χ1n) is 6.29. The molecule has 0 bridgehead atoms. The molecular weight excluding hydrogens is 244 g/mol. The van der Waals surface area contributed by atoms with Crippen molar-refractivity contribution in [2.75, 3.05) is 31.6 Å². The summed E-state index contributed by atoms with van der Waals surface area (Å²) in [5, 5.41) is 3.69. The van der Waals surface area contributed by atoms with Crippen LogP contribution in [0.4, 0.5) is 5.69 Å². The molecule has 1 fully saturated rings. The van der Waals surface area contributed by atoms with Gasteiger partial charge < -0.3 is 19.9 Å². The number of nitrogens with one attached hydrogen (secondary N) is 2. The van der Waals surface area contributed by atoms with E-state index >= 15 is 0 Å². The van der Waals surface area contributed by atoms with E-state index < -0.39 is 6.10 Å². The van der Waals surface area contributed by atoms with Crippen molar-refractivity contribution >= 4 is 22.6 Å². The third-order valence-corrected chi connectivity index (χ3v) is 3.36. The molecule has 3 heterocycles. The van der Waals surface area contributed by atoms with Crippen LogP contribution >= 0.6 is 0 Å². The Morgan fingerprint density at radius 3 is 3.37 bits per heavy atom. The number of ether oxygens (including phenoxy) is 1. The summed E-state index contributed by atoms with van der Waals surface area (Å²) in [5.74, 6) is -0.0830. The van der Waals surface area contributed by atoms with E-state index in [1.807, 2.05) is 18.5 Å². The number of hydrogen-bond acceptors (Lipinski definition) is 4. The van der Waals surface area contributed by atoms with Crippen LogP contribution in [0.3, 0.4) is 0 Å². The van der Waals surface area contributed by atoms with Crippen LogP contribution in [0.5, 0.6) is 0 Å². The standard InChI is InChI=1S/C13H16N4O2/c1-14-13(18)11-8-17(4-5-19-11)10-6-9-2-3-15-12(9)16-7-10/h2-3,6-7,11H,4-5,8H2,1H3,(H,14,18)(H,15,16). The zero-order valence-corrected chi connectivity index (χ0v) is 10.7. The van der Waals surface area contributed by atoms with Crippen LogP contribution < -0.4 is 10.2 Å². The number of aromatic nitrogens is 2. The lowest BCUT2D eigenvalue weighted by Crippen LogP contribution is -2.49. The Hall–Kier alpha value is -2.08. The number of fused-ring (bicyclic) bond motifs is 1. The molecule has 1 atom stereocenters. The first-order chi connectivity index (χ1) is 9.28. The molecule has 6 nitrogen and oxygen atoms in total. The number of hydrogen-bond donors (Lipinski definition) is 2. The van der Waals surface area contributed by atoms with Gasteiger partial charge in [0.15, 0.2) is 6.10 Å². The summed E-state index contributed by atoms with van der Waals surface area (Å²) < 4.78 is 5.47. The fraction of sp³-hybridized carbons (Fsp3) is 0.385. The van der Waals surface area contributed by atoms with Gasteiger partial charge in [-0.15, -0.1) is 0 Å². The van der Waals surface area contributed by atoms with Crippen molar-refractivity contribution in [3.05, 3.63) is 24.5 Å². The second-order valence-electron chi connectivity index (χ2n) is 4.53. The fourth-order valence-corrected chi connectivity index (χ4v) is 2.30. The Balaban J connectivity index is 1.82. The lowest BCUT2D eigenvalue weighted by molar-refractivity contribution is -0.132. The topological polar surface area (TPSA) is 70.2 Å². The predicted octanol–water partition coefficient (Wildman–Crippen LogP) is 0.514. The minimum absolute atomic E-state index is 0.0830. The Bertz CT molecular complexity index is 595. The Morgan fingerprint density at radius 2 is 2.53 bits per heavy atom. The first kappa shape index (κ1) is 12.0. The van der Waals surface area contributed by atoms with Crippen molar-refractivity contribution in [2.24, 2.45) is 0 Å². The van der Waals surface area contributed by atoms with Gasteiger partial charge in [0.25, 0.3) is 5.91 Å². The van der Waals surface area contributed by atoms with Gasteiger partial charge in [-0.25, -0.2) is 4.98 Å². The van der Waals surface area contributed by atoms with Crippen LogP contribution in [0.25, 0.3) is 11.0 Å². The molecular formula is C13H16N4O2. The zero-order chi connectivity index (χ0) is 13.2. The highest BCUT2D eigenvalue weighted by Crippen LogP contribution is 2.21. The van der Waals surface area contributed by atoms with Crippen LogP contribution in [0, 0.1) is 0 Å². The minimum atomic E-state index is -0.416. The van der Waals surface area contributed by atoms with Gasteiger partial charge in [0.1, 0.15) is 5.65 Å². The van der Waals surface area contributed by atoms with Crippen LogP contribution in [0.2, 0.25) is 0 Å². The summed E-state index contributed by atoms with van der Waals surface area (Å²) in [7, 11) is 1.62. The van der Waals surface area contributed by atoms with Crippen molar-refractivity contribution < 1.29 is 9.53 Å². The number of carbonyl (C=O) groups is 1. The molecule has 3 rings (SSSR count). The molecule has 1 saturated heterocycles. The molecule has 0 aromatic carbocycles. The average Bonchev–Trinajstić information content (AvgIpc) is 2.94. The van der Waals surface area contributed by atoms with E-state index in [-0.39, 0.29) is 5.91 Å². The van der Waals surface area contributed by atoms with Crippen molar-refractivity contribution in [1.29, 1.82) is 0 Å². The van der Waals surface area contributed by atoms with E-state index in [2.05, 4.69) is 26.3 Å². The number of anilines is 1. The van der Waals surface area contributed by atoms with Crippen LogP contribution in [0.15, 0.2) is 24.5 Å². The second-order valence-corrected chi connectivity index (χ2v) is 4.53. The van der Waals surface area contributed by atoms with Gasteiger partial charge >= 0.3 is 0 Å². The molecule has 2 aromatic rings. The predicted molar refractivity (Wildman–Crippen MR) is 72.1 cm³/mol. The number of H-pyrrole nitrogens is 1. The Morgan fingerprint density at radius 1 is 1.63 bits per heavy atom. The Kier molecular flexibility index (Phi) is 3.08. The second kappa shape index (κ2) is 4.89. The van der Waals surface area contributed by atoms with Gasteiger partial charge in [-0.2, -0.15) is 0 Å². The van der Waals surface area contributed by atoms with Crippen molar-refractivity contribution in [2.45, 2.75) is 6.10 Å². The summed E-state index contributed by atoms with van der Waals surface area (Å²) in [5.41, 5.74) is 1.89. The molecule has 19 heavy (non-hydrogen) atoms. The molecule has 2 N–H and O–H groups in total. The largest absolute Gasteiger partial charge is 0.365 e. The monoisotopic (exact) mass is 260 g/mol.